The van der Waals surface area contributed by atoms with Gasteiger partial charge < -0.3 is 21.1 Å². The molecule has 9 heteroatoms. The highest BCUT2D eigenvalue weighted by Gasteiger charge is 2.13. The summed E-state index contributed by atoms with van der Waals surface area (Å²) in [4.78, 5) is 31.8. The lowest BCUT2D eigenvalue weighted by Gasteiger charge is -2.10. The lowest BCUT2D eigenvalue weighted by Crippen LogP contribution is -2.36. The minimum atomic E-state index is -1.07. The number of para-hydroxylation sites is 1. The average Bonchev–Trinajstić information content (AvgIpc) is 3.19. The molecule has 0 fully saturated rings. The number of benzene rings is 2. The molecule has 0 saturated heterocycles. The summed E-state index contributed by atoms with van der Waals surface area (Å²) < 4.78 is 1.91. The van der Waals surface area contributed by atoms with Gasteiger partial charge in [0, 0.05) is 11.8 Å². The molecule has 0 bridgehead atoms. The summed E-state index contributed by atoms with van der Waals surface area (Å²) >= 11 is 0. The van der Waals surface area contributed by atoms with Crippen molar-refractivity contribution in [1.82, 2.24) is 14.9 Å². The summed E-state index contributed by atoms with van der Waals surface area (Å²) in [6, 6.07) is 13.2. The van der Waals surface area contributed by atoms with Gasteiger partial charge in [0.05, 0.1) is 24.3 Å². The number of guanidine groups is 1. The second-order valence-corrected chi connectivity index (χ2v) is 7.05. The number of hydrogen-bond acceptors (Lipinski definition) is 5. The molecule has 1 atom stereocenters. The van der Waals surface area contributed by atoms with Gasteiger partial charge in [0.25, 0.3) is 5.91 Å². The molecule has 160 valence electrons. The fourth-order valence-electron chi connectivity index (χ4n) is 2.98. The van der Waals surface area contributed by atoms with Gasteiger partial charge in [-0.15, -0.1) is 0 Å². The van der Waals surface area contributed by atoms with Gasteiger partial charge in [-0.3, -0.25) is 14.9 Å². The minimum absolute atomic E-state index is 0.00130. The number of aliphatic imine (C=N–C) groups is 1. The van der Waals surface area contributed by atoms with Gasteiger partial charge >= 0.3 is 5.97 Å². The molecule has 0 spiro atoms. The number of aryl methyl sites for hydroxylation is 1. The van der Waals surface area contributed by atoms with Gasteiger partial charge in [0.1, 0.15) is 6.04 Å². The van der Waals surface area contributed by atoms with Crippen LogP contribution in [0.2, 0.25) is 0 Å². The highest BCUT2D eigenvalue weighted by Crippen LogP contribution is 2.16. The van der Waals surface area contributed by atoms with Crippen LogP contribution in [0.15, 0.2) is 66.0 Å². The SMILES string of the molecule is Cc1cn(-c2ccccc2CN=C(N)NC(=O)c2ccc(CC(N)C(=O)O)cc2)cn1. The first-order valence-corrected chi connectivity index (χ1v) is 9.61. The predicted molar refractivity (Wildman–Crippen MR) is 117 cm³/mol. The van der Waals surface area contributed by atoms with Crippen molar-refractivity contribution in [3.8, 4) is 5.69 Å². The van der Waals surface area contributed by atoms with E-state index in [1.54, 1.807) is 30.6 Å². The average molecular weight is 420 g/mol. The number of carbonyl (C=O) groups is 2. The maximum absolute atomic E-state index is 12.4. The van der Waals surface area contributed by atoms with Crippen LogP contribution < -0.4 is 16.8 Å². The fourth-order valence-corrected chi connectivity index (χ4v) is 2.98. The molecule has 0 radical (unpaired) electrons. The van der Waals surface area contributed by atoms with E-state index >= 15 is 0 Å². The Morgan fingerprint density at radius 3 is 2.55 bits per heavy atom. The number of carbonyl (C=O) groups excluding carboxylic acids is 1. The molecule has 0 aliphatic rings. The highest BCUT2D eigenvalue weighted by molar-refractivity contribution is 6.05. The molecule has 1 aromatic heterocycles. The largest absolute Gasteiger partial charge is 0.480 e. The summed E-state index contributed by atoms with van der Waals surface area (Å²) in [5, 5.41) is 11.4. The lowest BCUT2D eigenvalue weighted by atomic mass is 10.0. The topological polar surface area (TPSA) is 149 Å². The van der Waals surface area contributed by atoms with Gasteiger partial charge in [-0.1, -0.05) is 30.3 Å². The standard InChI is InChI=1S/C22H24N6O3/c1-14-12-28(13-26-14)19-5-3-2-4-17(19)11-25-22(24)27-20(29)16-8-6-15(7-9-16)10-18(23)21(30)31/h2-9,12-13,18H,10-11,23H2,1H3,(H,30,31)(H3,24,25,27,29). The molecule has 3 aromatic rings. The third-order valence-corrected chi connectivity index (χ3v) is 4.63. The molecule has 3 rings (SSSR count). The number of nitrogens with two attached hydrogens (primary N) is 2. The Balaban J connectivity index is 1.63. The maximum Gasteiger partial charge on any atom is 0.320 e. The van der Waals surface area contributed by atoms with Crippen LogP contribution in [-0.4, -0.2) is 38.5 Å². The molecule has 6 N–H and O–H groups in total. The number of rotatable bonds is 7. The van der Waals surface area contributed by atoms with Crippen LogP contribution in [0.4, 0.5) is 0 Å². The molecular weight excluding hydrogens is 396 g/mol. The van der Waals surface area contributed by atoms with Gasteiger partial charge in [-0.2, -0.15) is 0 Å². The van der Waals surface area contributed by atoms with E-state index in [4.69, 9.17) is 16.6 Å². The van der Waals surface area contributed by atoms with Crippen molar-refractivity contribution in [3.63, 3.8) is 0 Å². The van der Waals surface area contributed by atoms with E-state index in [9.17, 15) is 9.59 Å². The van der Waals surface area contributed by atoms with Crippen LogP contribution in [0.1, 0.15) is 27.2 Å². The zero-order valence-electron chi connectivity index (χ0n) is 17.0. The van der Waals surface area contributed by atoms with Crippen molar-refractivity contribution in [1.29, 1.82) is 0 Å². The number of carboxylic acids is 1. The fraction of sp³-hybridized carbons (Fsp3) is 0.182. The molecule has 2 aromatic carbocycles. The Bertz CT molecular complexity index is 1100. The van der Waals surface area contributed by atoms with Crippen molar-refractivity contribution >= 4 is 17.8 Å². The monoisotopic (exact) mass is 420 g/mol. The Labute approximate surface area is 179 Å². The van der Waals surface area contributed by atoms with E-state index in [0.717, 1.165) is 22.5 Å². The number of amides is 1. The predicted octanol–water partition coefficient (Wildman–Crippen LogP) is 1.38. The first-order chi connectivity index (χ1) is 14.8. The second-order valence-electron chi connectivity index (χ2n) is 7.05. The van der Waals surface area contributed by atoms with Gasteiger partial charge in [0.15, 0.2) is 5.96 Å². The zero-order chi connectivity index (χ0) is 22.4. The number of imidazole rings is 1. The Hall–Kier alpha value is -3.98. The number of nitrogens with one attached hydrogen (secondary N) is 1. The second kappa shape index (κ2) is 9.68. The molecule has 1 heterocycles. The van der Waals surface area contributed by atoms with E-state index in [0.29, 0.717) is 5.56 Å². The van der Waals surface area contributed by atoms with Gasteiger partial charge in [-0.05, 0) is 42.7 Å². The summed E-state index contributed by atoms with van der Waals surface area (Å²) in [7, 11) is 0. The summed E-state index contributed by atoms with van der Waals surface area (Å²) in [6.07, 6.45) is 3.83. The molecule has 0 aliphatic carbocycles. The molecule has 31 heavy (non-hydrogen) atoms. The Morgan fingerprint density at radius 1 is 1.19 bits per heavy atom. The van der Waals surface area contributed by atoms with E-state index < -0.39 is 17.9 Å². The van der Waals surface area contributed by atoms with Gasteiger partial charge in [-0.25, -0.2) is 9.98 Å². The Morgan fingerprint density at radius 2 is 1.90 bits per heavy atom. The summed E-state index contributed by atoms with van der Waals surface area (Å²) in [6.45, 7) is 2.20. The maximum atomic E-state index is 12.4. The number of nitrogens with zero attached hydrogens (tertiary/aromatic N) is 3. The normalized spacial score (nSPS) is 12.4. The Kier molecular flexibility index (Phi) is 6.78. The van der Waals surface area contributed by atoms with Crippen LogP contribution in [0.3, 0.4) is 0 Å². The van der Waals surface area contributed by atoms with Crippen LogP contribution in [0.25, 0.3) is 5.69 Å². The minimum Gasteiger partial charge on any atom is -0.480 e. The van der Waals surface area contributed by atoms with Crippen LogP contribution in [-0.2, 0) is 17.8 Å². The molecule has 9 nitrogen and oxygen atoms in total. The van der Waals surface area contributed by atoms with Crippen molar-refractivity contribution < 1.29 is 14.7 Å². The number of aliphatic carboxylic acids is 1. The third-order valence-electron chi connectivity index (χ3n) is 4.63. The van der Waals surface area contributed by atoms with E-state index in [-0.39, 0.29) is 18.9 Å². The molecule has 1 amide bonds. The zero-order valence-corrected chi connectivity index (χ0v) is 17.0. The van der Waals surface area contributed by atoms with Crippen LogP contribution >= 0.6 is 0 Å². The highest BCUT2D eigenvalue weighted by atomic mass is 16.4. The first-order valence-electron chi connectivity index (χ1n) is 9.61. The first kappa shape index (κ1) is 21.7. The summed E-state index contributed by atoms with van der Waals surface area (Å²) in [5.41, 5.74) is 15.3. The quantitative estimate of drug-likeness (QED) is 0.335. The number of carboxylic acid groups (broad SMARTS) is 1. The van der Waals surface area contributed by atoms with E-state index in [1.165, 1.54) is 0 Å². The van der Waals surface area contributed by atoms with Crippen LogP contribution in [0, 0.1) is 6.92 Å². The van der Waals surface area contributed by atoms with Crippen molar-refractivity contribution in [2.45, 2.75) is 25.9 Å². The molecule has 1 unspecified atom stereocenters. The van der Waals surface area contributed by atoms with Gasteiger partial charge in [0.2, 0.25) is 0 Å². The molecule has 0 aliphatic heterocycles. The third kappa shape index (κ3) is 5.77. The van der Waals surface area contributed by atoms with Crippen molar-refractivity contribution in [2.75, 3.05) is 0 Å². The number of aromatic nitrogens is 2. The van der Waals surface area contributed by atoms with Crippen molar-refractivity contribution in [3.05, 3.63) is 83.4 Å². The molecule has 0 saturated carbocycles. The smallest absolute Gasteiger partial charge is 0.320 e. The van der Waals surface area contributed by atoms with E-state index in [2.05, 4.69) is 15.3 Å². The summed E-state index contributed by atoms with van der Waals surface area (Å²) in [5.74, 6) is -1.48. The lowest BCUT2D eigenvalue weighted by molar-refractivity contribution is -0.138. The number of hydrogen-bond donors (Lipinski definition) is 4. The van der Waals surface area contributed by atoms with E-state index in [1.807, 2.05) is 42.0 Å². The van der Waals surface area contributed by atoms with Crippen molar-refractivity contribution in [2.24, 2.45) is 16.5 Å². The molecular formula is C22H24N6O3. The van der Waals surface area contributed by atoms with Crippen LogP contribution in [0.5, 0.6) is 0 Å².